The summed E-state index contributed by atoms with van der Waals surface area (Å²) in [7, 11) is 1.72. The lowest BCUT2D eigenvalue weighted by atomic mass is 10.0. The number of benzene rings is 1. The largest absolute Gasteiger partial charge is 0.477 e. The van der Waals surface area contributed by atoms with Crippen LogP contribution in [-0.4, -0.2) is 66.1 Å². The van der Waals surface area contributed by atoms with Gasteiger partial charge in [-0.2, -0.15) is 0 Å². The quantitative estimate of drug-likeness (QED) is 0.814. The first-order chi connectivity index (χ1) is 13.9. The molecule has 0 radical (unpaired) electrons. The van der Waals surface area contributed by atoms with Crippen molar-refractivity contribution in [2.24, 2.45) is 0 Å². The number of aromatic nitrogens is 1. The van der Waals surface area contributed by atoms with Gasteiger partial charge in [0.25, 0.3) is 0 Å². The van der Waals surface area contributed by atoms with Gasteiger partial charge in [0, 0.05) is 38.4 Å². The lowest BCUT2D eigenvalue weighted by Crippen LogP contribution is -2.55. The fraction of sp³-hybridized carbons (Fsp3) is 0.500. The van der Waals surface area contributed by atoms with E-state index in [0.717, 1.165) is 32.0 Å². The molecular weight excluding hydrogens is 379 g/mol. The first-order valence-corrected chi connectivity index (χ1v) is 9.87. The molecular formula is C20H23FN4O4. The molecule has 0 bridgehead atoms. The summed E-state index contributed by atoms with van der Waals surface area (Å²) >= 11 is 0. The fourth-order valence-electron chi connectivity index (χ4n) is 4.94. The topological polar surface area (TPSA) is 78.2 Å². The average molecular weight is 402 g/mol. The number of carboxylic acids is 1. The fourth-order valence-corrected chi connectivity index (χ4v) is 4.94. The highest BCUT2D eigenvalue weighted by Crippen LogP contribution is 2.42. The molecule has 3 aliphatic rings. The highest BCUT2D eigenvalue weighted by Gasteiger charge is 2.38. The molecule has 3 aliphatic heterocycles. The number of rotatable bonds is 2. The molecule has 154 valence electrons. The van der Waals surface area contributed by atoms with Crippen molar-refractivity contribution < 1.29 is 19.0 Å². The SMILES string of the molecule is CC1CN2CCCC2CN1c1c(F)cc2c(=O)c(C(=O)O)cn3c2c1OCN3C. The molecule has 4 heterocycles. The van der Waals surface area contributed by atoms with Gasteiger partial charge in [-0.05, 0) is 32.4 Å². The van der Waals surface area contributed by atoms with Gasteiger partial charge in [0.2, 0.25) is 5.43 Å². The van der Waals surface area contributed by atoms with Crippen LogP contribution in [0.25, 0.3) is 10.9 Å². The first kappa shape index (κ1) is 18.2. The van der Waals surface area contributed by atoms with Crippen LogP contribution in [-0.2, 0) is 0 Å². The predicted octanol–water partition coefficient (Wildman–Crippen LogP) is 1.43. The summed E-state index contributed by atoms with van der Waals surface area (Å²) in [6.45, 7) is 4.83. The Bertz CT molecular complexity index is 1080. The third kappa shape index (κ3) is 2.60. The second kappa shape index (κ2) is 6.35. The maximum absolute atomic E-state index is 15.4. The molecule has 2 aromatic rings. The van der Waals surface area contributed by atoms with Crippen molar-refractivity contribution in [3.63, 3.8) is 0 Å². The zero-order chi connectivity index (χ0) is 20.4. The Kier molecular flexibility index (Phi) is 3.99. The summed E-state index contributed by atoms with van der Waals surface area (Å²) in [6, 6.07) is 1.64. The van der Waals surface area contributed by atoms with Crippen LogP contribution in [0.15, 0.2) is 17.1 Å². The Balaban J connectivity index is 1.74. The molecule has 2 unspecified atom stereocenters. The molecule has 0 saturated carbocycles. The molecule has 9 heteroatoms. The third-order valence-corrected chi connectivity index (χ3v) is 6.37. The van der Waals surface area contributed by atoms with Crippen LogP contribution in [0.1, 0.15) is 30.1 Å². The highest BCUT2D eigenvalue weighted by molar-refractivity contribution is 5.97. The molecule has 0 amide bonds. The van der Waals surface area contributed by atoms with Gasteiger partial charge in [-0.25, -0.2) is 9.18 Å². The van der Waals surface area contributed by atoms with E-state index in [-0.39, 0.29) is 18.2 Å². The van der Waals surface area contributed by atoms with Crippen molar-refractivity contribution in [2.75, 3.05) is 43.3 Å². The minimum atomic E-state index is -1.34. The molecule has 0 spiro atoms. The molecule has 0 aliphatic carbocycles. The summed E-state index contributed by atoms with van der Waals surface area (Å²) in [5.41, 5.74) is -0.327. The normalized spacial score (nSPS) is 24.0. The molecule has 5 rings (SSSR count). The van der Waals surface area contributed by atoms with Gasteiger partial charge < -0.3 is 14.7 Å². The monoisotopic (exact) mass is 402 g/mol. The van der Waals surface area contributed by atoms with Gasteiger partial charge in [-0.3, -0.25) is 19.4 Å². The number of pyridine rings is 1. The number of carbonyl (C=O) groups is 1. The lowest BCUT2D eigenvalue weighted by molar-refractivity contribution is 0.0694. The van der Waals surface area contributed by atoms with Crippen molar-refractivity contribution in [1.29, 1.82) is 0 Å². The van der Waals surface area contributed by atoms with Crippen LogP contribution >= 0.6 is 0 Å². The highest BCUT2D eigenvalue weighted by atomic mass is 19.1. The summed E-state index contributed by atoms with van der Waals surface area (Å²) in [5.74, 6) is -1.58. The van der Waals surface area contributed by atoms with Crippen LogP contribution in [0, 0.1) is 5.82 Å². The number of carboxylic acid groups (broad SMARTS) is 1. The Hall–Kier alpha value is -2.81. The molecule has 2 fully saturated rings. The van der Waals surface area contributed by atoms with E-state index in [0.29, 0.717) is 29.5 Å². The van der Waals surface area contributed by atoms with Crippen molar-refractivity contribution in [3.05, 3.63) is 33.9 Å². The van der Waals surface area contributed by atoms with E-state index in [1.54, 1.807) is 16.7 Å². The Morgan fingerprint density at radius 3 is 2.90 bits per heavy atom. The van der Waals surface area contributed by atoms with Gasteiger partial charge in [-0.1, -0.05) is 0 Å². The number of anilines is 1. The number of hydrogen-bond donors (Lipinski definition) is 1. The van der Waals surface area contributed by atoms with E-state index in [1.807, 2.05) is 4.90 Å². The maximum atomic E-state index is 15.4. The standard InChI is InChI=1S/C20H23FN4O4/c1-11-7-23-5-3-4-12(23)8-24(11)17-15(21)6-13-16-19(17)29-10-22(2)25(16)9-14(18(13)26)20(27)28/h6,9,11-12H,3-5,7-8,10H2,1-2H3,(H,27,28). The van der Waals surface area contributed by atoms with Crippen LogP contribution in [0.3, 0.4) is 0 Å². The summed E-state index contributed by atoms with van der Waals surface area (Å²) < 4.78 is 22.9. The smallest absolute Gasteiger partial charge is 0.341 e. The van der Waals surface area contributed by atoms with Crippen molar-refractivity contribution >= 4 is 22.6 Å². The van der Waals surface area contributed by atoms with Gasteiger partial charge >= 0.3 is 5.97 Å². The molecule has 1 aromatic carbocycles. The molecule has 2 atom stereocenters. The summed E-state index contributed by atoms with van der Waals surface area (Å²) in [5, 5.41) is 11.1. The predicted molar refractivity (Wildman–Crippen MR) is 106 cm³/mol. The van der Waals surface area contributed by atoms with Crippen LogP contribution in [0.5, 0.6) is 5.75 Å². The van der Waals surface area contributed by atoms with Crippen molar-refractivity contribution in [3.8, 4) is 5.75 Å². The number of ether oxygens (including phenoxy) is 1. The van der Waals surface area contributed by atoms with E-state index in [1.165, 1.54) is 6.20 Å². The Morgan fingerprint density at radius 2 is 2.14 bits per heavy atom. The Morgan fingerprint density at radius 1 is 1.34 bits per heavy atom. The number of fused-ring (bicyclic) bond motifs is 1. The number of hydrogen-bond acceptors (Lipinski definition) is 6. The summed E-state index contributed by atoms with van der Waals surface area (Å²) in [6.07, 6.45) is 3.53. The average Bonchev–Trinajstić information content (AvgIpc) is 3.12. The van der Waals surface area contributed by atoms with Gasteiger partial charge in [0.15, 0.2) is 18.3 Å². The number of piperazine rings is 1. The van der Waals surface area contributed by atoms with E-state index in [2.05, 4.69) is 11.8 Å². The van der Waals surface area contributed by atoms with Gasteiger partial charge in [0.1, 0.15) is 16.8 Å². The zero-order valence-electron chi connectivity index (χ0n) is 16.4. The Labute approximate surface area is 166 Å². The molecule has 29 heavy (non-hydrogen) atoms. The number of nitrogens with zero attached hydrogens (tertiary/aromatic N) is 4. The minimum Gasteiger partial charge on any atom is -0.477 e. The molecule has 8 nitrogen and oxygen atoms in total. The molecule has 1 aromatic heterocycles. The van der Waals surface area contributed by atoms with Crippen LogP contribution in [0.4, 0.5) is 10.1 Å². The third-order valence-electron chi connectivity index (χ3n) is 6.37. The molecule has 2 saturated heterocycles. The second-order valence-corrected chi connectivity index (χ2v) is 8.18. The number of halogens is 1. The number of aromatic carboxylic acids is 1. The summed E-state index contributed by atoms with van der Waals surface area (Å²) in [4.78, 5) is 28.7. The van der Waals surface area contributed by atoms with E-state index in [4.69, 9.17) is 4.74 Å². The first-order valence-electron chi connectivity index (χ1n) is 9.87. The van der Waals surface area contributed by atoms with Crippen molar-refractivity contribution in [1.82, 2.24) is 9.58 Å². The maximum Gasteiger partial charge on any atom is 0.341 e. The molecule has 1 N–H and O–H groups in total. The van der Waals surface area contributed by atoms with E-state index >= 15 is 4.39 Å². The van der Waals surface area contributed by atoms with E-state index in [9.17, 15) is 14.7 Å². The zero-order valence-corrected chi connectivity index (χ0v) is 16.4. The second-order valence-electron chi connectivity index (χ2n) is 8.18. The van der Waals surface area contributed by atoms with Crippen LogP contribution in [0.2, 0.25) is 0 Å². The lowest BCUT2D eigenvalue weighted by Gasteiger charge is -2.44. The van der Waals surface area contributed by atoms with Crippen LogP contribution < -0.4 is 20.1 Å². The van der Waals surface area contributed by atoms with E-state index < -0.39 is 22.8 Å². The minimum absolute atomic E-state index is 0.0138. The van der Waals surface area contributed by atoms with Crippen molar-refractivity contribution in [2.45, 2.75) is 31.8 Å². The van der Waals surface area contributed by atoms with Gasteiger partial charge in [-0.15, -0.1) is 0 Å². The van der Waals surface area contributed by atoms with Gasteiger partial charge in [0.05, 0.1) is 5.39 Å².